The normalized spacial score (nSPS) is 10.6. The van der Waals surface area contributed by atoms with Crippen molar-refractivity contribution in [2.45, 2.75) is 19.4 Å². The molecule has 4 rings (SSSR count). The molecule has 0 fully saturated rings. The van der Waals surface area contributed by atoms with Crippen molar-refractivity contribution in [3.8, 4) is 28.0 Å². The maximum Gasteiger partial charge on any atom is 0.341 e. The van der Waals surface area contributed by atoms with E-state index in [-0.39, 0.29) is 12.2 Å². The summed E-state index contributed by atoms with van der Waals surface area (Å²) >= 11 is 0. The summed E-state index contributed by atoms with van der Waals surface area (Å²) in [5.74, 6) is -0.482. The fraction of sp³-hybridized carbons (Fsp3) is 0.133. The third kappa shape index (κ3) is 5.95. The van der Waals surface area contributed by atoms with Crippen molar-refractivity contribution >= 4 is 12.0 Å². The number of aromatic nitrogens is 1. The molecule has 0 amide bonds. The van der Waals surface area contributed by atoms with Crippen LogP contribution in [-0.4, -0.2) is 22.2 Å². The minimum atomic E-state index is -1.01. The van der Waals surface area contributed by atoms with Gasteiger partial charge >= 0.3 is 5.97 Å². The highest BCUT2D eigenvalue weighted by Gasteiger charge is 2.11. The summed E-state index contributed by atoms with van der Waals surface area (Å²) in [7, 11) is 0. The number of ether oxygens (including phenoxy) is 1. The van der Waals surface area contributed by atoms with Gasteiger partial charge in [0.25, 0.3) is 5.56 Å². The van der Waals surface area contributed by atoms with Crippen LogP contribution in [0.4, 0.5) is 0 Å². The van der Waals surface area contributed by atoms with Gasteiger partial charge in [0, 0.05) is 18.8 Å². The highest BCUT2D eigenvalue weighted by Crippen LogP contribution is 2.34. The van der Waals surface area contributed by atoms with E-state index in [2.05, 4.69) is 24.8 Å². The summed E-state index contributed by atoms with van der Waals surface area (Å²) in [6, 6.07) is 27.2. The molecule has 0 saturated heterocycles. The zero-order chi connectivity index (χ0) is 24.6. The first-order chi connectivity index (χ1) is 17.0. The summed E-state index contributed by atoms with van der Waals surface area (Å²) in [5, 5.41) is 8.79. The largest absolute Gasteiger partial charge is 0.482 e. The van der Waals surface area contributed by atoms with Crippen LogP contribution in [0.5, 0.6) is 5.75 Å². The summed E-state index contributed by atoms with van der Waals surface area (Å²) < 4.78 is 7.01. The Morgan fingerprint density at radius 3 is 2.43 bits per heavy atom. The van der Waals surface area contributed by atoms with Crippen LogP contribution in [0, 0.1) is 0 Å². The Bertz CT molecular complexity index is 1400. The van der Waals surface area contributed by atoms with Crippen LogP contribution in [-0.2, 0) is 17.8 Å². The molecule has 3 aromatic carbocycles. The van der Waals surface area contributed by atoms with Crippen molar-refractivity contribution < 1.29 is 14.6 Å². The van der Waals surface area contributed by atoms with E-state index < -0.39 is 5.97 Å². The number of carbonyl (C=O) groups is 1. The Balaban J connectivity index is 1.53. The fourth-order valence-electron chi connectivity index (χ4n) is 4.14. The zero-order valence-corrected chi connectivity index (χ0v) is 19.4. The molecule has 0 aliphatic heterocycles. The Morgan fingerprint density at radius 2 is 1.66 bits per heavy atom. The Labute approximate surface area is 204 Å². The molecule has 4 aromatic rings. The number of nitrogens with zero attached hydrogens (tertiary/aromatic N) is 1. The van der Waals surface area contributed by atoms with Crippen molar-refractivity contribution in [1.29, 1.82) is 0 Å². The van der Waals surface area contributed by atoms with E-state index in [0.29, 0.717) is 12.3 Å². The van der Waals surface area contributed by atoms with Crippen molar-refractivity contribution in [3.05, 3.63) is 119 Å². The van der Waals surface area contributed by atoms with Crippen molar-refractivity contribution in [2.75, 3.05) is 6.61 Å². The molecule has 0 aliphatic rings. The first-order valence-electron chi connectivity index (χ1n) is 11.5. The molecule has 35 heavy (non-hydrogen) atoms. The maximum absolute atomic E-state index is 12.6. The Hall–Kier alpha value is -4.38. The lowest BCUT2D eigenvalue weighted by molar-refractivity contribution is -0.139. The standard InChI is InChI=1S/C30H27NO4/c1-2-23-11-3-4-13-26(23)28-15-6-5-14-27(28)24-16-17-29(32)31(20-24)18-8-10-22-9-7-12-25(19-22)35-21-30(33)34/h2-7,9,11-17,19-20H,1,8,10,18,21H2,(H,33,34). The van der Waals surface area contributed by atoms with Crippen LogP contribution in [0.1, 0.15) is 17.5 Å². The lowest BCUT2D eigenvalue weighted by atomic mass is 9.92. The van der Waals surface area contributed by atoms with Gasteiger partial charge in [0.15, 0.2) is 6.61 Å². The minimum Gasteiger partial charge on any atom is -0.482 e. The van der Waals surface area contributed by atoms with E-state index in [1.54, 1.807) is 16.7 Å². The predicted molar refractivity (Wildman–Crippen MR) is 140 cm³/mol. The third-order valence-corrected chi connectivity index (χ3v) is 5.82. The van der Waals surface area contributed by atoms with E-state index >= 15 is 0 Å². The molecule has 0 atom stereocenters. The smallest absolute Gasteiger partial charge is 0.341 e. The van der Waals surface area contributed by atoms with Gasteiger partial charge in [-0.05, 0) is 64.4 Å². The average Bonchev–Trinajstić information content (AvgIpc) is 2.89. The summed E-state index contributed by atoms with van der Waals surface area (Å²) in [6.45, 7) is 4.15. The zero-order valence-electron chi connectivity index (χ0n) is 19.4. The van der Waals surface area contributed by atoms with E-state index in [1.807, 2.05) is 66.9 Å². The van der Waals surface area contributed by atoms with Gasteiger partial charge in [0.1, 0.15) is 5.75 Å². The molecule has 0 radical (unpaired) electrons. The van der Waals surface area contributed by atoms with Crippen LogP contribution in [0.2, 0.25) is 0 Å². The average molecular weight is 466 g/mol. The maximum atomic E-state index is 12.6. The number of benzene rings is 3. The first kappa shape index (κ1) is 23.8. The van der Waals surface area contributed by atoms with Gasteiger partial charge in [0.2, 0.25) is 0 Å². The Kier molecular flexibility index (Phi) is 7.58. The van der Waals surface area contributed by atoms with Crippen LogP contribution in [0.15, 0.2) is 102 Å². The molecule has 1 heterocycles. The number of carboxylic acids is 1. The molecule has 1 N–H and O–H groups in total. The summed E-state index contributed by atoms with van der Waals surface area (Å²) in [6.07, 6.45) is 5.27. The van der Waals surface area contributed by atoms with Gasteiger partial charge in [-0.2, -0.15) is 0 Å². The van der Waals surface area contributed by atoms with Gasteiger partial charge in [-0.1, -0.05) is 73.3 Å². The van der Waals surface area contributed by atoms with Gasteiger partial charge < -0.3 is 14.4 Å². The highest BCUT2D eigenvalue weighted by molar-refractivity contribution is 5.87. The molecule has 0 bridgehead atoms. The summed E-state index contributed by atoms with van der Waals surface area (Å²) in [4.78, 5) is 23.3. The van der Waals surface area contributed by atoms with E-state index in [1.165, 1.54) is 0 Å². The number of hydrogen-bond acceptors (Lipinski definition) is 3. The lowest BCUT2D eigenvalue weighted by Crippen LogP contribution is -2.19. The van der Waals surface area contributed by atoms with Crippen LogP contribution >= 0.6 is 0 Å². The topological polar surface area (TPSA) is 68.5 Å². The van der Waals surface area contributed by atoms with Crippen molar-refractivity contribution in [2.24, 2.45) is 0 Å². The Morgan fingerprint density at radius 1 is 0.914 bits per heavy atom. The van der Waals surface area contributed by atoms with Crippen molar-refractivity contribution in [3.63, 3.8) is 0 Å². The van der Waals surface area contributed by atoms with Crippen LogP contribution in [0.3, 0.4) is 0 Å². The molecule has 0 saturated carbocycles. The van der Waals surface area contributed by atoms with E-state index in [4.69, 9.17) is 9.84 Å². The van der Waals surface area contributed by atoms with Crippen LogP contribution < -0.4 is 10.3 Å². The molecule has 1 aromatic heterocycles. The lowest BCUT2D eigenvalue weighted by Gasteiger charge is -2.14. The SMILES string of the molecule is C=Cc1ccccc1-c1ccccc1-c1ccc(=O)n(CCCc2cccc(OCC(=O)O)c2)c1. The first-order valence-corrected chi connectivity index (χ1v) is 11.5. The predicted octanol–water partition coefficient (Wildman–Crippen LogP) is 5.92. The molecular weight excluding hydrogens is 438 g/mol. The molecule has 5 heteroatoms. The molecule has 0 aliphatic carbocycles. The second-order valence-electron chi connectivity index (χ2n) is 8.22. The van der Waals surface area contributed by atoms with Gasteiger partial charge in [0.05, 0.1) is 0 Å². The van der Waals surface area contributed by atoms with Gasteiger partial charge in [-0.3, -0.25) is 4.79 Å². The van der Waals surface area contributed by atoms with Crippen LogP contribution in [0.25, 0.3) is 28.3 Å². The number of aryl methyl sites for hydroxylation is 2. The third-order valence-electron chi connectivity index (χ3n) is 5.82. The second kappa shape index (κ2) is 11.2. The number of aliphatic carboxylic acids is 1. The molecule has 0 spiro atoms. The number of rotatable bonds is 10. The number of hydrogen-bond donors (Lipinski definition) is 1. The number of carboxylic acid groups (broad SMARTS) is 1. The summed E-state index contributed by atoms with van der Waals surface area (Å²) in [5.41, 5.74) is 6.26. The fourth-order valence-corrected chi connectivity index (χ4v) is 4.14. The monoisotopic (exact) mass is 465 g/mol. The van der Waals surface area contributed by atoms with E-state index in [9.17, 15) is 9.59 Å². The number of pyridine rings is 1. The van der Waals surface area contributed by atoms with Gasteiger partial charge in [-0.15, -0.1) is 0 Å². The minimum absolute atomic E-state index is 0.0451. The second-order valence-corrected chi connectivity index (χ2v) is 8.22. The molecular formula is C30H27NO4. The van der Waals surface area contributed by atoms with Crippen molar-refractivity contribution in [1.82, 2.24) is 4.57 Å². The quantitative estimate of drug-likeness (QED) is 0.316. The highest BCUT2D eigenvalue weighted by atomic mass is 16.5. The molecule has 0 unspecified atom stereocenters. The molecule has 5 nitrogen and oxygen atoms in total. The van der Waals surface area contributed by atoms with Gasteiger partial charge in [-0.25, -0.2) is 4.79 Å². The van der Waals surface area contributed by atoms with E-state index in [0.717, 1.165) is 46.2 Å². The molecule has 176 valence electrons.